The summed E-state index contributed by atoms with van der Waals surface area (Å²) in [5.74, 6) is 1.43. The van der Waals surface area contributed by atoms with Crippen LogP contribution in [0, 0.1) is 5.92 Å². The molecule has 2 N–H and O–H groups in total. The Hall–Kier alpha value is -2.08. The van der Waals surface area contributed by atoms with Crippen LogP contribution < -0.4 is 10.6 Å². The Balaban J connectivity index is 1.74. The number of rotatable bonds is 8. The van der Waals surface area contributed by atoms with Gasteiger partial charge in [-0.25, -0.2) is 0 Å². The summed E-state index contributed by atoms with van der Waals surface area (Å²) in [4.78, 5) is 18.7. The lowest BCUT2D eigenvalue weighted by Crippen LogP contribution is -2.41. The normalized spacial score (nSPS) is 17.4. The van der Waals surface area contributed by atoms with E-state index in [0.29, 0.717) is 25.4 Å². The molecular formula is C19H30N4O2. The van der Waals surface area contributed by atoms with E-state index < -0.39 is 0 Å². The van der Waals surface area contributed by atoms with E-state index in [1.165, 1.54) is 0 Å². The van der Waals surface area contributed by atoms with Crippen molar-refractivity contribution < 1.29 is 9.53 Å². The maximum atomic E-state index is 12.0. The SMILES string of the molecule is CCNC(=NCCC(=O)NCc1ccccc1)N(C)CC1CCOC1. The lowest BCUT2D eigenvalue weighted by atomic mass is 10.1. The first-order chi connectivity index (χ1) is 12.2. The molecule has 0 aromatic heterocycles. The van der Waals surface area contributed by atoms with E-state index in [0.717, 1.165) is 44.2 Å². The van der Waals surface area contributed by atoms with E-state index in [9.17, 15) is 4.79 Å². The quantitative estimate of drug-likeness (QED) is 0.555. The number of carbonyl (C=O) groups excluding carboxylic acids is 1. The van der Waals surface area contributed by atoms with Gasteiger partial charge in [0.05, 0.1) is 13.2 Å². The number of hydrogen-bond donors (Lipinski definition) is 2. The number of aliphatic imine (C=N–C) groups is 1. The molecule has 0 bridgehead atoms. The summed E-state index contributed by atoms with van der Waals surface area (Å²) in [5.41, 5.74) is 1.10. The molecule has 6 heteroatoms. The molecule has 0 radical (unpaired) electrons. The summed E-state index contributed by atoms with van der Waals surface area (Å²) in [5, 5.41) is 6.23. The fraction of sp³-hybridized carbons (Fsp3) is 0.579. The van der Waals surface area contributed by atoms with E-state index in [1.54, 1.807) is 0 Å². The van der Waals surface area contributed by atoms with Gasteiger partial charge in [0.25, 0.3) is 0 Å². The molecule has 2 rings (SSSR count). The lowest BCUT2D eigenvalue weighted by Gasteiger charge is -2.24. The van der Waals surface area contributed by atoms with Crippen LogP contribution in [0.25, 0.3) is 0 Å². The highest BCUT2D eigenvalue weighted by atomic mass is 16.5. The number of guanidine groups is 1. The van der Waals surface area contributed by atoms with Crippen molar-refractivity contribution in [3.63, 3.8) is 0 Å². The van der Waals surface area contributed by atoms with Crippen molar-refractivity contribution >= 4 is 11.9 Å². The standard InChI is InChI=1S/C19H30N4O2/c1-3-20-19(23(2)14-17-10-12-25-15-17)21-11-9-18(24)22-13-16-7-5-4-6-8-16/h4-8,17H,3,9-15H2,1-2H3,(H,20,21)(H,22,24). The van der Waals surface area contributed by atoms with E-state index >= 15 is 0 Å². The van der Waals surface area contributed by atoms with Gasteiger partial charge in [-0.2, -0.15) is 0 Å². The average molecular weight is 346 g/mol. The van der Waals surface area contributed by atoms with Gasteiger partial charge in [-0.1, -0.05) is 30.3 Å². The Kier molecular flexibility index (Phi) is 8.25. The van der Waals surface area contributed by atoms with Gasteiger partial charge in [0.15, 0.2) is 5.96 Å². The third-order valence-electron chi connectivity index (χ3n) is 4.19. The Bertz CT molecular complexity index is 542. The topological polar surface area (TPSA) is 66.0 Å². The minimum atomic E-state index is 0.0234. The number of amides is 1. The molecule has 0 saturated carbocycles. The molecule has 1 fully saturated rings. The largest absolute Gasteiger partial charge is 0.381 e. The van der Waals surface area contributed by atoms with Gasteiger partial charge in [-0.3, -0.25) is 9.79 Å². The number of ether oxygens (including phenoxy) is 1. The summed E-state index contributed by atoms with van der Waals surface area (Å²) in [6.45, 7) is 6.50. The van der Waals surface area contributed by atoms with E-state index in [1.807, 2.05) is 37.4 Å². The Morgan fingerprint density at radius 1 is 1.32 bits per heavy atom. The van der Waals surface area contributed by atoms with Crippen molar-refractivity contribution in [3.8, 4) is 0 Å². The maximum absolute atomic E-state index is 12.0. The van der Waals surface area contributed by atoms with E-state index in [2.05, 4.69) is 27.4 Å². The molecule has 1 aliphatic rings. The number of benzene rings is 1. The first-order valence-electron chi connectivity index (χ1n) is 9.07. The molecule has 1 heterocycles. The predicted molar refractivity (Wildman–Crippen MR) is 100 cm³/mol. The van der Waals surface area contributed by atoms with Gasteiger partial charge < -0.3 is 20.3 Å². The molecule has 1 saturated heterocycles. The van der Waals surface area contributed by atoms with Crippen molar-refractivity contribution in [3.05, 3.63) is 35.9 Å². The molecule has 1 aromatic carbocycles. The van der Waals surface area contributed by atoms with Crippen molar-refractivity contribution in [1.82, 2.24) is 15.5 Å². The monoisotopic (exact) mass is 346 g/mol. The summed E-state index contributed by atoms with van der Waals surface area (Å²) in [7, 11) is 2.04. The molecule has 1 amide bonds. The minimum absolute atomic E-state index is 0.0234. The minimum Gasteiger partial charge on any atom is -0.381 e. The first-order valence-corrected chi connectivity index (χ1v) is 9.07. The zero-order chi connectivity index (χ0) is 17.9. The van der Waals surface area contributed by atoms with Crippen LogP contribution >= 0.6 is 0 Å². The highest BCUT2D eigenvalue weighted by molar-refractivity contribution is 5.80. The smallest absolute Gasteiger partial charge is 0.222 e. The van der Waals surface area contributed by atoms with Gasteiger partial charge in [0.1, 0.15) is 0 Å². The van der Waals surface area contributed by atoms with Crippen LogP contribution in [0.4, 0.5) is 0 Å². The van der Waals surface area contributed by atoms with Gasteiger partial charge in [-0.05, 0) is 18.9 Å². The van der Waals surface area contributed by atoms with Gasteiger partial charge in [-0.15, -0.1) is 0 Å². The summed E-state index contributed by atoms with van der Waals surface area (Å²) < 4.78 is 5.43. The molecule has 1 aliphatic heterocycles. The number of nitrogens with one attached hydrogen (secondary N) is 2. The second kappa shape index (κ2) is 10.7. The third-order valence-corrected chi connectivity index (χ3v) is 4.19. The summed E-state index contributed by atoms with van der Waals surface area (Å²) >= 11 is 0. The van der Waals surface area contributed by atoms with E-state index in [4.69, 9.17) is 4.74 Å². The molecule has 25 heavy (non-hydrogen) atoms. The molecule has 1 atom stereocenters. The molecule has 138 valence electrons. The Morgan fingerprint density at radius 2 is 2.12 bits per heavy atom. The zero-order valence-corrected chi connectivity index (χ0v) is 15.3. The van der Waals surface area contributed by atoms with Crippen LogP contribution in [0.1, 0.15) is 25.3 Å². The highest BCUT2D eigenvalue weighted by Crippen LogP contribution is 2.13. The highest BCUT2D eigenvalue weighted by Gasteiger charge is 2.19. The Labute approximate surface area is 150 Å². The van der Waals surface area contributed by atoms with Crippen LogP contribution in [0.2, 0.25) is 0 Å². The van der Waals surface area contributed by atoms with Crippen molar-refractivity contribution in [2.24, 2.45) is 10.9 Å². The summed E-state index contributed by atoms with van der Waals surface area (Å²) in [6, 6.07) is 9.92. The number of nitrogens with zero attached hydrogens (tertiary/aromatic N) is 2. The Morgan fingerprint density at radius 3 is 2.80 bits per heavy atom. The second-order valence-electron chi connectivity index (χ2n) is 6.36. The lowest BCUT2D eigenvalue weighted by molar-refractivity contribution is -0.121. The van der Waals surface area contributed by atoms with Crippen LogP contribution in [0.15, 0.2) is 35.3 Å². The number of hydrogen-bond acceptors (Lipinski definition) is 3. The summed E-state index contributed by atoms with van der Waals surface area (Å²) in [6.07, 6.45) is 1.49. The van der Waals surface area contributed by atoms with Crippen LogP contribution in [0.3, 0.4) is 0 Å². The van der Waals surface area contributed by atoms with Gasteiger partial charge in [0, 0.05) is 45.6 Å². The van der Waals surface area contributed by atoms with Crippen LogP contribution in [-0.2, 0) is 16.1 Å². The van der Waals surface area contributed by atoms with Crippen molar-refractivity contribution in [2.75, 3.05) is 39.9 Å². The molecule has 1 aromatic rings. The van der Waals surface area contributed by atoms with Crippen LogP contribution in [0.5, 0.6) is 0 Å². The van der Waals surface area contributed by atoms with Crippen molar-refractivity contribution in [2.45, 2.75) is 26.3 Å². The maximum Gasteiger partial charge on any atom is 0.222 e. The van der Waals surface area contributed by atoms with Gasteiger partial charge in [0.2, 0.25) is 5.91 Å². The molecule has 1 unspecified atom stereocenters. The molecule has 0 spiro atoms. The van der Waals surface area contributed by atoms with Gasteiger partial charge >= 0.3 is 0 Å². The third kappa shape index (κ3) is 7.13. The zero-order valence-electron chi connectivity index (χ0n) is 15.3. The fourth-order valence-electron chi connectivity index (χ4n) is 2.82. The molecule has 6 nitrogen and oxygen atoms in total. The molecule has 0 aliphatic carbocycles. The van der Waals surface area contributed by atoms with E-state index in [-0.39, 0.29) is 5.91 Å². The second-order valence-corrected chi connectivity index (χ2v) is 6.36. The average Bonchev–Trinajstić information content (AvgIpc) is 3.13. The predicted octanol–water partition coefficient (Wildman–Crippen LogP) is 1.63. The first kappa shape index (κ1) is 19.2. The molecular weight excluding hydrogens is 316 g/mol. The fourth-order valence-corrected chi connectivity index (χ4v) is 2.82. The van der Waals surface area contributed by atoms with Crippen molar-refractivity contribution in [1.29, 1.82) is 0 Å². The number of carbonyl (C=O) groups is 1. The van der Waals surface area contributed by atoms with Crippen LogP contribution in [-0.4, -0.2) is 56.7 Å².